The maximum absolute atomic E-state index is 4.80. The maximum Gasteiger partial charge on any atom is 0.0706 e. The van der Waals surface area contributed by atoms with Crippen molar-refractivity contribution in [1.29, 1.82) is 0 Å². The summed E-state index contributed by atoms with van der Waals surface area (Å²) in [5.41, 5.74) is 5.52. The fourth-order valence-electron chi connectivity index (χ4n) is 2.99. The topological polar surface area (TPSA) is 25.8 Å². The van der Waals surface area contributed by atoms with Crippen LogP contribution in [0.4, 0.5) is 0 Å². The number of nitrogens with zero attached hydrogens (tertiary/aromatic N) is 2. The van der Waals surface area contributed by atoms with E-state index in [1.54, 1.807) is 12.4 Å². The molecule has 0 spiro atoms. The Balaban J connectivity index is 1.87. The Labute approximate surface area is 135 Å². The number of hydrogen-bond donors (Lipinski definition) is 0. The molecule has 2 heteroatoms. The van der Waals surface area contributed by atoms with Gasteiger partial charge in [0.1, 0.15) is 0 Å². The number of rotatable bonds is 2. The Bertz CT molecular complexity index is 970. The quantitative estimate of drug-likeness (QED) is 0.503. The summed E-state index contributed by atoms with van der Waals surface area (Å²) in [5, 5.41) is 2.51. The van der Waals surface area contributed by atoms with E-state index in [0.29, 0.717) is 0 Å². The van der Waals surface area contributed by atoms with Crippen LogP contribution >= 0.6 is 0 Å². The third-order valence-corrected chi connectivity index (χ3v) is 4.14. The number of pyridine rings is 2. The van der Waals surface area contributed by atoms with Gasteiger partial charge < -0.3 is 0 Å². The zero-order chi connectivity index (χ0) is 15.6. The lowest BCUT2D eigenvalue weighted by Crippen LogP contribution is -1.92. The normalized spacial score (nSPS) is 10.8. The first-order chi connectivity index (χ1) is 11.3. The minimum Gasteiger partial charge on any atom is -0.265 e. The van der Waals surface area contributed by atoms with Crippen LogP contribution in [0.25, 0.3) is 33.2 Å². The molecule has 0 amide bonds. The predicted octanol–water partition coefficient (Wildman–Crippen LogP) is 5.27. The molecule has 2 aromatic carbocycles. The Morgan fingerprint density at radius 3 is 2.30 bits per heavy atom. The molecular weight excluding hydrogens is 280 g/mol. The summed E-state index contributed by atoms with van der Waals surface area (Å²) < 4.78 is 0. The molecular formula is C21H16N2. The van der Waals surface area contributed by atoms with Crippen molar-refractivity contribution in [3.8, 4) is 22.4 Å². The van der Waals surface area contributed by atoms with Gasteiger partial charge >= 0.3 is 0 Å². The highest BCUT2D eigenvalue weighted by molar-refractivity contribution is 5.97. The van der Waals surface area contributed by atoms with E-state index in [1.165, 1.54) is 21.9 Å². The van der Waals surface area contributed by atoms with Gasteiger partial charge in [-0.3, -0.25) is 9.97 Å². The summed E-state index contributed by atoms with van der Waals surface area (Å²) in [6, 6.07) is 23.1. The minimum atomic E-state index is 0.980. The third kappa shape index (κ3) is 2.49. The molecule has 23 heavy (non-hydrogen) atoms. The number of fused-ring (bicyclic) bond motifs is 1. The van der Waals surface area contributed by atoms with Crippen molar-refractivity contribution in [2.45, 2.75) is 6.92 Å². The van der Waals surface area contributed by atoms with Crippen molar-refractivity contribution in [3.05, 3.63) is 84.8 Å². The first-order valence-electron chi connectivity index (χ1n) is 7.69. The Kier molecular flexibility index (Phi) is 3.35. The lowest BCUT2D eigenvalue weighted by atomic mass is 9.97. The standard InChI is InChI=1S/C21H16N2/c1-15-18(9-10-21(23-15)17-11-13-22-14-12-17)20-8-4-6-16-5-2-3-7-19(16)20/h2-14H,1H3. The monoisotopic (exact) mass is 296 g/mol. The summed E-state index contributed by atoms with van der Waals surface area (Å²) in [6.07, 6.45) is 3.59. The molecule has 0 N–H and O–H groups in total. The molecule has 110 valence electrons. The molecule has 0 fully saturated rings. The van der Waals surface area contributed by atoms with Crippen molar-refractivity contribution in [3.63, 3.8) is 0 Å². The first-order valence-corrected chi connectivity index (χ1v) is 7.69. The van der Waals surface area contributed by atoms with Crippen LogP contribution in [0.1, 0.15) is 5.69 Å². The van der Waals surface area contributed by atoms with Gasteiger partial charge in [0.25, 0.3) is 0 Å². The second-order valence-electron chi connectivity index (χ2n) is 5.59. The van der Waals surface area contributed by atoms with E-state index in [9.17, 15) is 0 Å². The third-order valence-electron chi connectivity index (χ3n) is 4.14. The van der Waals surface area contributed by atoms with Gasteiger partial charge in [-0.25, -0.2) is 0 Å². The molecule has 2 aromatic heterocycles. The summed E-state index contributed by atoms with van der Waals surface area (Å²) in [5.74, 6) is 0. The van der Waals surface area contributed by atoms with E-state index in [1.807, 2.05) is 12.1 Å². The first kappa shape index (κ1) is 13.6. The van der Waals surface area contributed by atoms with Crippen LogP contribution in [-0.2, 0) is 0 Å². The molecule has 0 bridgehead atoms. The van der Waals surface area contributed by atoms with Crippen LogP contribution in [0.3, 0.4) is 0 Å². The maximum atomic E-state index is 4.80. The second-order valence-corrected chi connectivity index (χ2v) is 5.59. The number of aryl methyl sites for hydroxylation is 1. The van der Waals surface area contributed by atoms with Gasteiger partial charge in [0.05, 0.1) is 5.69 Å². The molecule has 0 radical (unpaired) electrons. The Morgan fingerprint density at radius 1 is 0.696 bits per heavy atom. The number of benzene rings is 2. The van der Waals surface area contributed by atoms with Crippen LogP contribution < -0.4 is 0 Å². The van der Waals surface area contributed by atoms with Gasteiger partial charge in [0.15, 0.2) is 0 Å². The summed E-state index contributed by atoms with van der Waals surface area (Å²) in [6.45, 7) is 2.07. The van der Waals surface area contributed by atoms with Gasteiger partial charge in [0.2, 0.25) is 0 Å². The molecule has 0 atom stereocenters. The number of aromatic nitrogens is 2. The zero-order valence-electron chi connectivity index (χ0n) is 12.9. The Hall–Kier alpha value is -3.00. The van der Waals surface area contributed by atoms with Crippen molar-refractivity contribution in [1.82, 2.24) is 9.97 Å². The van der Waals surface area contributed by atoms with E-state index >= 15 is 0 Å². The fraction of sp³-hybridized carbons (Fsp3) is 0.0476. The van der Waals surface area contributed by atoms with E-state index < -0.39 is 0 Å². The molecule has 2 heterocycles. The minimum absolute atomic E-state index is 0.980. The van der Waals surface area contributed by atoms with E-state index in [-0.39, 0.29) is 0 Å². The molecule has 4 aromatic rings. The van der Waals surface area contributed by atoms with E-state index in [2.05, 4.69) is 66.5 Å². The highest BCUT2D eigenvalue weighted by Crippen LogP contribution is 2.31. The van der Waals surface area contributed by atoms with Crippen LogP contribution in [0.5, 0.6) is 0 Å². The molecule has 0 saturated heterocycles. The summed E-state index contributed by atoms with van der Waals surface area (Å²) >= 11 is 0. The molecule has 0 saturated carbocycles. The van der Waals surface area contributed by atoms with E-state index in [4.69, 9.17) is 4.98 Å². The molecule has 4 rings (SSSR count). The van der Waals surface area contributed by atoms with Gasteiger partial charge in [-0.05, 0) is 41.5 Å². The average Bonchev–Trinajstić information content (AvgIpc) is 2.62. The molecule has 0 unspecified atom stereocenters. The van der Waals surface area contributed by atoms with E-state index in [0.717, 1.165) is 17.0 Å². The van der Waals surface area contributed by atoms with Gasteiger partial charge in [-0.1, -0.05) is 48.5 Å². The smallest absolute Gasteiger partial charge is 0.0706 e. The SMILES string of the molecule is Cc1nc(-c2ccncc2)ccc1-c1cccc2ccccc12. The molecule has 2 nitrogen and oxygen atoms in total. The lowest BCUT2D eigenvalue weighted by molar-refractivity contribution is 1.20. The van der Waals surface area contributed by atoms with Gasteiger partial charge in [0, 0.05) is 29.2 Å². The van der Waals surface area contributed by atoms with Crippen LogP contribution in [0.2, 0.25) is 0 Å². The molecule has 0 aliphatic rings. The molecule has 0 aliphatic carbocycles. The van der Waals surface area contributed by atoms with Crippen molar-refractivity contribution < 1.29 is 0 Å². The summed E-state index contributed by atoms with van der Waals surface area (Å²) in [7, 11) is 0. The average molecular weight is 296 g/mol. The van der Waals surface area contributed by atoms with Crippen molar-refractivity contribution >= 4 is 10.8 Å². The predicted molar refractivity (Wildman–Crippen MR) is 95.1 cm³/mol. The Morgan fingerprint density at radius 2 is 1.48 bits per heavy atom. The van der Waals surface area contributed by atoms with Crippen LogP contribution in [0.15, 0.2) is 79.1 Å². The second kappa shape index (κ2) is 5.65. The lowest BCUT2D eigenvalue weighted by Gasteiger charge is -2.11. The van der Waals surface area contributed by atoms with Gasteiger partial charge in [-0.2, -0.15) is 0 Å². The molecule has 0 aliphatic heterocycles. The van der Waals surface area contributed by atoms with Gasteiger partial charge in [-0.15, -0.1) is 0 Å². The van der Waals surface area contributed by atoms with Crippen molar-refractivity contribution in [2.24, 2.45) is 0 Å². The zero-order valence-corrected chi connectivity index (χ0v) is 12.9. The van der Waals surface area contributed by atoms with Crippen molar-refractivity contribution in [2.75, 3.05) is 0 Å². The highest BCUT2D eigenvalue weighted by atomic mass is 14.7. The van der Waals surface area contributed by atoms with Crippen LogP contribution in [0, 0.1) is 6.92 Å². The van der Waals surface area contributed by atoms with Crippen LogP contribution in [-0.4, -0.2) is 9.97 Å². The number of hydrogen-bond acceptors (Lipinski definition) is 2. The highest BCUT2D eigenvalue weighted by Gasteiger charge is 2.08. The fourth-order valence-corrected chi connectivity index (χ4v) is 2.99. The summed E-state index contributed by atoms with van der Waals surface area (Å²) in [4.78, 5) is 8.86. The largest absolute Gasteiger partial charge is 0.265 e.